The van der Waals surface area contributed by atoms with Crippen molar-refractivity contribution in [1.29, 1.82) is 5.26 Å². The summed E-state index contributed by atoms with van der Waals surface area (Å²) in [7, 11) is 0. The third-order valence-electron chi connectivity index (χ3n) is 5.77. The maximum atomic E-state index is 13.0. The van der Waals surface area contributed by atoms with Crippen LogP contribution in [0.2, 0.25) is 0 Å². The Morgan fingerprint density at radius 2 is 1.89 bits per heavy atom. The van der Waals surface area contributed by atoms with Crippen molar-refractivity contribution >= 4 is 34.5 Å². The number of nitriles is 1. The number of nitrogens with zero attached hydrogens (tertiary/aromatic N) is 2. The summed E-state index contributed by atoms with van der Waals surface area (Å²) in [5.74, 6) is -1.99. The first kappa shape index (κ1) is 24.5. The van der Waals surface area contributed by atoms with Crippen LogP contribution in [0.4, 0.5) is 13.2 Å². The van der Waals surface area contributed by atoms with Crippen LogP contribution in [0.1, 0.15) is 35.8 Å². The van der Waals surface area contributed by atoms with Crippen molar-refractivity contribution in [2.24, 2.45) is 0 Å². The highest BCUT2D eigenvalue weighted by molar-refractivity contribution is 6.20. The molecule has 182 valence electrons. The first-order valence-corrected chi connectivity index (χ1v) is 11.3. The second-order valence-corrected chi connectivity index (χ2v) is 8.66. The Labute approximate surface area is 203 Å². The fourth-order valence-electron chi connectivity index (χ4n) is 3.60. The number of fused-ring (bicyclic) bond motifs is 1. The number of benzene rings is 2. The van der Waals surface area contributed by atoms with Crippen LogP contribution in [0.3, 0.4) is 0 Å². The summed E-state index contributed by atoms with van der Waals surface area (Å²) in [6.07, 6.45) is -3.83. The van der Waals surface area contributed by atoms with Gasteiger partial charge in [0.05, 0.1) is 24.0 Å². The number of hydrogen-bond donors (Lipinski definition) is 2. The van der Waals surface area contributed by atoms with E-state index in [4.69, 9.17) is 16.0 Å². The van der Waals surface area contributed by atoms with Gasteiger partial charge in [0.2, 0.25) is 11.8 Å². The van der Waals surface area contributed by atoms with E-state index in [0.29, 0.717) is 18.4 Å². The van der Waals surface area contributed by atoms with Crippen LogP contribution >= 0.6 is 11.6 Å². The molecular formula is C24H20ClF3N4O3. The van der Waals surface area contributed by atoms with Crippen molar-refractivity contribution in [3.05, 3.63) is 65.5 Å². The maximum Gasteiger partial charge on any atom is 0.416 e. The summed E-state index contributed by atoms with van der Waals surface area (Å²) < 4.78 is 44.6. The summed E-state index contributed by atoms with van der Waals surface area (Å²) in [5, 5.41) is 14.6. The fraction of sp³-hybridized carbons (Fsp3) is 0.333. The molecule has 2 atom stereocenters. The van der Waals surface area contributed by atoms with Gasteiger partial charge in [0, 0.05) is 5.88 Å². The lowest BCUT2D eigenvalue weighted by Gasteiger charge is -2.22. The molecule has 2 amide bonds. The summed E-state index contributed by atoms with van der Waals surface area (Å²) in [6, 6.07) is 12.5. The molecule has 2 aromatic carbocycles. The number of rotatable bonds is 8. The molecule has 0 saturated heterocycles. The molecule has 1 aliphatic rings. The Bertz CT molecular complexity index is 1280. The van der Waals surface area contributed by atoms with Crippen LogP contribution in [0.5, 0.6) is 0 Å². The molecule has 0 spiro atoms. The van der Waals surface area contributed by atoms with E-state index in [1.165, 1.54) is 0 Å². The molecule has 1 aliphatic carbocycles. The standard InChI is InChI=1S/C24H20ClF3N4O3/c25-12-16(14-4-2-1-3-5-14)21(33)31-18(22(34)32-23(13-29)8-9-23)11-20-30-17-10-15(24(26,27)28)6-7-19(17)35-20/h1-7,10,16,18H,8-9,11-12H2,(H,31,33)(H,32,34). The number of alkyl halides is 4. The van der Waals surface area contributed by atoms with Gasteiger partial charge in [0.25, 0.3) is 0 Å². The smallest absolute Gasteiger partial charge is 0.416 e. The van der Waals surface area contributed by atoms with Crippen LogP contribution in [-0.2, 0) is 22.2 Å². The third kappa shape index (κ3) is 5.57. The molecule has 11 heteroatoms. The van der Waals surface area contributed by atoms with E-state index >= 15 is 0 Å². The minimum absolute atomic E-state index is 0.0288. The zero-order valence-corrected chi connectivity index (χ0v) is 19.0. The van der Waals surface area contributed by atoms with E-state index in [-0.39, 0.29) is 29.3 Å². The van der Waals surface area contributed by atoms with Gasteiger partial charge in [-0.1, -0.05) is 30.3 Å². The largest absolute Gasteiger partial charge is 0.441 e. The lowest BCUT2D eigenvalue weighted by molar-refractivity contribution is -0.137. The SMILES string of the molecule is N#CC1(NC(=O)C(Cc2nc3cc(C(F)(F)F)ccc3o2)NC(=O)C(CCl)c2ccccc2)CC1. The van der Waals surface area contributed by atoms with E-state index in [1.54, 1.807) is 30.3 Å². The van der Waals surface area contributed by atoms with Crippen LogP contribution in [0.25, 0.3) is 11.1 Å². The number of aromatic nitrogens is 1. The van der Waals surface area contributed by atoms with Gasteiger partial charge in [-0.05, 0) is 36.6 Å². The number of hydrogen-bond acceptors (Lipinski definition) is 5. The predicted molar refractivity (Wildman–Crippen MR) is 120 cm³/mol. The van der Waals surface area contributed by atoms with Crippen molar-refractivity contribution < 1.29 is 27.2 Å². The maximum absolute atomic E-state index is 13.0. The van der Waals surface area contributed by atoms with Gasteiger partial charge < -0.3 is 15.1 Å². The lowest BCUT2D eigenvalue weighted by atomic mass is 9.99. The van der Waals surface area contributed by atoms with Crippen molar-refractivity contribution in [3.63, 3.8) is 0 Å². The van der Waals surface area contributed by atoms with Gasteiger partial charge in [-0.3, -0.25) is 9.59 Å². The average Bonchev–Trinajstić information content (AvgIpc) is 3.48. The highest BCUT2D eigenvalue weighted by Gasteiger charge is 2.46. The molecule has 2 N–H and O–H groups in total. The fourth-order valence-corrected chi connectivity index (χ4v) is 3.92. The van der Waals surface area contributed by atoms with Crippen molar-refractivity contribution in [2.45, 2.75) is 42.9 Å². The zero-order chi connectivity index (χ0) is 25.2. The highest BCUT2D eigenvalue weighted by Crippen LogP contribution is 2.34. The second kappa shape index (κ2) is 9.58. The first-order chi connectivity index (χ1) is 16.6. The van der Waals surface area contributed by atoms with Crippen LogP contribution < -0.4 is 10.6 Å². The van der Waals surface area contributed by atoms with Crippen LogP contribution in [0, 0.1) is 11.3 Å². The van der Waals surface area contributed by atoms with Gasteiger partial charge in [-0.2, -0.15) is 18.4 Å². The Morgan fingerprint density at radius 3 is 2.49 bits per heavy atom. The van der Waals surface area contributed by atoms with Gasteiger partial charge in [0.1, 0.15) is 17.1 Å². The van der Waals surface area contributed by atoms with E-state index < -0.39 is 41.1 Å². The van der Waals surface area contributed by atoms with Crippen LogP contribution in [0.15, 0.2) is 52.9 Å². The predicted octanol–water partition coefficient (Wildman–Crippen LogP) is 4.07. The summed E-state index contributed by atoms with van der Waals surface area (Å²) in [4.78, 5) is 30.1. The quantitative estimate of drug-likeness (QED) is 0.450. The minimum Gasteiger partial charge on any atom is -0.441 e. The molecule has 1 saturated carbocycles. The van der Waals surface area contributed by atoms with Gasteiger partial charge >= 0.3 is 6.18 Å². The lowest BCUT2D eigenvalue weighted by Crippen LogP contribution is -2.52. The monoisotopic (exact) mass is 504 g/mol. The Balaban J connectivity index is 1.59. The number of halogens is 4. The molecule has 4 rings (SSSR count). The normalized spacial score (nSPS) is 16.2. The molecule has 1 aromatic heterocycles. The van der Waals surface area contributed by atoms with Gasteiger partial charge in [0.15, 0.2) is 11.5 Å². The van der Waals surface area contributed by atoms with Gasteiger partial charge in [-0.25, -0.2) is 4.98 Å². The molecular weight excluding hydrogens is 485 g/mol. The molecule has 3 aromatic rings. The highest BCUT2D eigenvalue weighted by atomic mass is 35.5. The summed E-state index contributed by atoms with van der Waals surface area (Å²) in [6.45, 7) is 0. The zero-order valence-electron chi connectivity index (χ0n) is 18.2. The molecule has 7 nitrogen and oxygen atoms in total. The third-order valence-corrected chi connectivity index (χ3v) is 6.08. The Kier molecular flexibility index (Phi) is 6.72. The minimum atomic E-state index is -4.55. The number of oxazole rings is 1. The number of nitrogens with one attached hydrogen (secondary N) is 2. The topological polar surface area (TPSA) is 108 Å². The number of carbonyl (C=O) groups is 2. The molecule has 2 unspecified atom stereocenters. The molecule has 0 radical (unpaired) electrons. The van der Waals surface area contributed by atoms with Crippen molar-refractivity contribution in [3.8, 4) is 6.07 Å². The molecule has 35 heavy (non-hydrogen) atoms. The first-order valence-electron chi connectivity index (χ1n) is 10.8. The second-order valence-electron chi connectivity index (χ2n) is 8.35. The van der Waals surface area contributed by atoms with E-state index in [2.05, 4.69) is 15.6 Å². The van der Waals surface area contributed by atoms with Crippen molar-refractivity contribution in [1.82, 2.24) is 15.6 Å². The summed E-state index contributed by atoms with van der Waals surface area (Å²) >= 11 is 6.04. The molecule has 1 heterocycles. The average molecular weight is 505 g/mol. The summed E-state index contributed by atoms with van der Waals surface area (Å²) in [5.41, 5.74) is -1.15. The molecule has 1 fully saturated rings. The Morgan fingerprint density at radius 1 is 1.17 bits per heavy atom. The van der Waals surface area contributed by atoms with E-state index in [1.807, 2.05) is 6.07 Å². The van der Waals surface area contributed by atoms with E-state index in [0.717, 1.165) is 18.2 Å². The number of amides is 2. The number of carbonyl (C=O) groups excluding carboxylic acids is 2. The van der Waals surface area contributed by atoms with Crippen molar-refractivity contribution in [2.75, 3.05) is 5.88 Å². The Hall–Kier alpha value is -3.58. The molecule has 0 aliphatic heterocycles. The molecule has 0 bridgehead atoms. The van der Waals surface area contributed by atoms with Gasteiger partial charge in [-0.15, -0.1) is 11.6 Å². The van der Waals surface area contributed by atoms with E-state index in [9.17, 15) is 28.0 Å². The van der Waals surface area contributed by atoms with Crippen LogP contribution in [-0.4, -0.2) is 34.3 Å².